The van der Waals surface area contributed by atoms with Gasteiger partial charge in [-0.2, -0.15) is 13.2 Å². The first-order valence-electron chi connectivity index (χ1n) is 6.52. The van der Waals surface area contributed by atoms with Gasteiger partial charge in [-0.1, -0.05) is 6.92 Å². The molecule has 1 aromatic carbocycles. The molecule has 0 amide bonds. The van der Waals surface area contributed by atoms with Crippen LogP contribution in [-0.2, 0) is 22.0 Å². The molecule has 0 aliphatic heterocycles. The molecule has 3 nitrogen and oxygen atoms in total. The molecule has 0 aliphatic carbocycles. The van der Waals surface area contributed by atoms with E-state index in [1.807, 2.05) is 6.92 Å². The van der Waals surface area contributed by atoms with Crippen LogP contribution in [0.4, 0.5) is 30.7 Å². The molecule has 0 aliphatic rings. The predicted octanol–water partition coefficient (Wildman–Crippen LogP) is 5.21. The molecule has 1 heterocycles. The molecular weight excluding hydrogens is 401 g/mol. The largest absolute Gasteiger partial charge is 0.741 e. The van der Waals surface area contributed by atoms with Crippen LogP contribution in [0.3, 0.4) is 0 Å². The lowest BCUT2D eigenvalue weighted by Gasteiger charge is -2.08. The third-order valence-corrected chi connectivity index (χ3v) is 5.47. The summed E-state index contributed by atoms with van der Waals surface area (Å²) in [5.41, 5.74) is -9.92. The van der Waals surface area contributed by atoms with E-state index in [2.05, 4.69) is 0 Å². The second-order valence-electron chi connectivity index (χ2n) is 4.69. The number of rotatable bonds is 2. The highest BCUT2D eigenvalue weighted by Gasteiger charge is 2.47. The van der Waals surface area contributed by atoms with Crippen LogP contribution in [-0.4, -0.2) is 18.5 Å². The lowest BCUT2D eigenvalue weighted by Crippen LogP contribution is -2.21. The van der Waals surface area contributed by atoms with E-state index in [1.54, 1.807) is 0 Å². The van der Waals surface area contributed by atoms with Gasteiger partial charge in [-0.05, 0) is 18.6 Å². The van der Waals surface area contributed by atoms with E-state index in [-0.39, 0.29) is 4.70 Å². The lowest BCUT2D eigenvalue weighted by molar-refractivity contribution is -0.0867. The SMILES string of the molecule is CCCc1cc2cc(F)ccc2[s+]1C(F)(F)F.O=S(=O)([O-])C(F)(F)F. The van der Waals surface area contributed by atoms with Crippen molar-refractivity contribution in [3.05, 3.63) is 35.0 Å². The summed E-state index contributed by atoms with van der Waals surface area (Å²) in [5, 5.41) is 0.370. The van der Waals surface area contributed by atoms with E-state index in [1.165, 1.54) is 18.2 Å². The molecule has 25 heavy (non-hydrogen) atoms. The molecule has 1 atom stereocenters. The standard InChI is InChI=1S/C12H11F4S.CHF3O3S/c1-2-3-10-7-8-6-9(13)4-5-11(8)17(10)12(14,15)16;2-1(3,4)8(5,6)7/h4-7H,2-3H2,1H3;(H,5,6,7)/q+1;/p-1. The van der Waals surface area contributed by atoms with E-state index < -0.39 is 37.4 Å². The van der Waals surface area contributed by atoms with Crippen LogP contribution in [0.2, 0.25) is 0 Å². The number of thiophene rings is 1. The zero-order chi connectivity index (χ0) is 19.6. The van der Waals surface area contributed by atoms with E-state index in [0.717, 1.165) is 6.07 Å². The number of halogens is 7. The van der Waals surface area contributed by atoms with Crippen molar-refractivity contribution in [2.24, 2.45) is 0 Å². The Morgan fingerprint density at radius 2 is 1.60 bits per heavy atom. The van der Waals surface area contributed by atoms with Crippen LogP contribution in [0.5, 0.6) is 0 Å². The number of fused-ring (bicyclic) bond motifs is 1. The number of hydrogen-bond donors (Lipinski definition) is 0. The summed E-state index contributed by atoms with van der Waals surface area (Å²) in [6, 6.07) is 5.00. The van der Waals surface area contributed by atoms with Crippen molar-refractivity contribution in [3.63, 3.8) is 0 Å². The predicted molar refractivity (Wildman–Crippen MR) is 77.4 cm³/mol. The molecule has 12 heteroatoms. The number of alkyl halides is 6. The van der Waals surface area contributed by atoms with Crippen LogP contribution in [0.1, 0.15) is 18.2 Å². The molecule has 1 unspecified atom stereocenters. The highest BCUT2D eigenvalue weighted by Crippen LogP contribution is 2.51. The van der Waals surface area contributed by atoms with Crippen molar-refractivity contribution in [2.75, 3.05) is 0 Å². The van der Waals surface area contributed by atoms with Gasteiger partial charge in [0.25, 0.3) is 0 Å². The first kappa shape index (κ1) is 21.6. The summed E-state index contributed by atoms with van der Waals surface area (Å²) in [5.74, 6) is -0.497. The number of hydrogen-bond acceptors (Lipinski definition) is 3. The van der Waals surface area contributed by atoms with Gasteiger partial charge in [-0.3, -0.25) is 0 Å². The third kappa shape index (κ3) is 5.54. The van der Waals surface area contributed by atoms with E-state index in [9.17, 15) is 30.7 Å². The van der Waals surface area contributed by atoms with Crippen molar-refractivity contribution in [1.82, 2.24) is 0 Å². The topological polar surface area (TPSA) is 57.2 Å². The Morgan fingerprint density at radius 3 is 2.00 bits per heavy atom. The van der Waals surface area contributed by atoms with Gasteiger partial charge in [0, 0.05) is 23.9 Å². The zero-order valence-corrected chi connectivity index (χ0v) is 14.0. The molecule has 0 radical (unpaired) electrons. The fourth-order valence-electron chi connectivity index (χ4n) is 1.89. The maximum atomic E-state index is 13.0. The maximum absolute atomic E-state index is 13.0. The van der Waals surface area contributed by atoms with Crippen molar-refractivity contribution in [2.45, 2.75) is 30.8 Å². The minimum Gasteiger partial charge on any atom is -0.741 e. The quantitative estimate of drug-likeness (QED) is 0.295. The van der Waals surface area contributed by atoms with Gasteiger partial charge in [0.05, 0.1) is 10.5 Å². The van der Waals surface area contributed by atoms with E-state index >= 15 is 0 Å². The highest BCUT2D eigenvalue weighted by atomic mass is 32.2. The Kier molecular flexibility index (Phi) is 6.46. The van der Waals surface area contributed by atoms with Crippen LogP contribution in [0.25, 0.3) is 10.1 Å². The van der Waals surface area contributed by atoms with Crippen molar-refractivity contribution < 1.29 is 43.7 Å². The van der Waals surface area contributed by atoms with Crippen molar-refractivity contribution in [1.29, 1.82) is 0 Å². The first-order chi connectivity index (χ1) is 11.2. The summed E-state index contributed by atoms with van der Waals surface area (Å²) in [6.45, 7) is 1.84. The summed E-state index contributed by atoms with van der Waals surface area (Å²) in [7, 11) is -7.96. The number of aryl methyl sites for hydroxylation is 1. The normalized spacial score (nSPS) is 13.6. The Hall–Kier alpha value is -1.40. The van der Waals surface area contributed by atoms with Crippen molar-refractivity contribution >= 4 is 30.7 Å². The molecule has 2 rings (SSSR count). The monoisotopic (exact) mass is 412 g/mol. The zero-order valence-electron chi connectivity index (χ0n) is 12.4. The fourth-order valence-corrected chi connectivity index (χ4v) is 3.93. The first-order valence-corrected chi connectivity index (χ1v) is 9.15. The Labute approximate surface area is 140 Å². The summed E-state index contributed by atoms with van der Waals surface area (Å²) < 4.78 is 111. The van der Waals surface area contributed by atoms with Gasteiger partial charge in [0.2, 0.25) is 0 Å². The van der Waals surface area contributed by atoms with Gasteiger partial charge in [0.1, 0.15) is 5.82 Å². The fraction of sp³-hybridized carbons (Fsp3) is 0.385. The Morgan fingerprint density at radius 1 is 1.08 bits per heavy atom. The van der Waals surface area contributed by atoms with Crippen LogP contribution >= 0.6 is 10.5 Å². The Balaban J connectivity index is 0.000000333. The van der Waals surface area contributed by atoms with Gasteiger partial charge < -0.3 is 4.55 Å². The lowest BCUT2D eigenvalue weighted by atomic mass is 10.2. The summed E-state index contributed by atoms with van der Waals surface area (Å²) in [6.07, 6.45) is 1.06. The van der Waals surface area contributed by atoms with Crippen LogP contribution in [0, 0.1) is 5.82 Å². The molecule has 0 bridgehead atoms. The molecular formula is C13H11F7O3S2. The second kappa shape index (κ2) is 7.46. The minimum atomic E-state index is -6.09. The minimum absolute atomic E-state index is 0.197. The van der Waals surface area contributed by atoms with Gasteiger partial charge >= 0.3 is 11.0 Å². The number of benzene rings is 1. The second-order valence-corrected chi connectivity index (χ2v) is 8.11. The smallest absolute Gasteiger partial charge is 0.600 e. The molecule has 0 spiro atoms. The van der Waals surface area contributed by atoms with Crippen LogP contribution < -0.4 is 0 Å². The molecule has 0 saturated heterocycles. The van der Waals surface area contributed by atoms with E-state index in [4.69, 9.17) is 13.0 Å². The van der Waals surface area contributed by atoms with Gasteiger partial charge in [0.15, 0.2) is 19.7 Å². The molecule has 142 valence electrons. The Bertz CT molecular complexity index is 836. The van der Waals surface area contributed by atoms with Crippen LogP contribution in [0.15, 0.2) is 24.3 Å². The highest BCUT2D eigenvalue weighted by molar-refractivity contribution is 7.86. The molecule has 2 aromatic rings. The molecule has 1 aromatic heterocycles. The van der Waals surface area contributed by atoms with Gasteiger partial charge in [-0.15, -0.1) is 13.2 Å². The van der Waals surface area contributed by atoms with Gasteiger partial charge in [-0.25, -0.2) is 12.8 Å². The molecule has 0 N–H and O–H groups in total. The van der Waals surface area contributed by atoms with E-state index in [0.29, 0.717) is 23.1 Å². The third-order valence-electron chi connectivity index (χ3n) is 2.78. The molecule has 0 saturated carbocycles. The maximum Gasteiger partial charge on any atom is 0.600 e. The van der Waals surface area contributed by atoms with Crippen molar-refractivity contribution in [3.8, 4) is 0 Å². The summed E-state index contributed by atoms with van der Waals surface area (Å²) in [4.78, 5) is 0.362. The average molecular weight is 412 g/mol. The molecule has 0 fully saturated rings. The summed E-state index contributed by atoms with van der Waals surface area (Å²) >= 11 is 0. The average Bonchev–Trinajstić information content (AvgIpc) is 2.74.